The molecule has 3 aliphatic rings. The molecule has 0 spiro atoms. The molecule has 67 heavy (non-hydrogen) atoms. The minimum absolute atomic E-state index is 1.24. The van der Waals surface area contributed by atoms with E-state index >= 15 is 0 Å². The number of rotatable bonds is 4. The van der Waals surface area contributed by atoms with E-state index < -0.39 is 8.07 Å². The van der Waals surface area contributed by atoms with E-state index in [2.05, 4.69) is 231 Å². The lowest BCUT2D eigenvalue weighted by Crippen LogP contribution is -2.49. The van der Waals surface area contributed by atoms with E-state index in [1.807, 2.05) is 0 Å². The number of fused-ring (bicyclic) bond motifs is 11. The van der Waals surface area contributed by atoms with Crippen molar-refractivity contribution in [3.63, 3.8) is 0 Å². The molecule has 0 saturated heterocycles. The number of hydrogen-bond acceptors (Lipinski definition) is 0. The second-order valence-corrected chi connectivity index (χ2v) is 23.8. The van der Waals surface area contributed by atoms with Gasteiger partial charge in [-0.3, -0.25) is 0 Å². The predicted octanol–water partition coefficient (Wildman–Crippen LogP) is 17.1. The summed E-state index contributed by atoms with van der Waals surface area (Å²) < 4.78 is 0. The van der Waals surface area contributed by atoms with Gasteiger partial charge in [-0.05, 0) is 160 Å². The van der Waals surface area contributed by atoms with Crippen LogP contribution in [-0.4, -0.2) is 8.07 Å². The van der Waals surface area contributed by atoms with Crippen molar-refractivity contribution in [3.05, 3.63) is 218 Å². The van der Waals surface area contributed by atoms with Gasteiger partial charge in [0.25, 0.3) is 0 Å². The molecule has 1 heterocycles. The smallest absolute Gasteiger partial charge is 0.0622 e. The van der Waals surface area contributed by atoms with Gasteiger partial charge >= 0.3 is 0 Å². The van der Waals surface area contributed by atoms with Gasteiger partial charge in [0.05, 0.1) is 0 Å². The Morgan fingerprint density at radius 3 is 1.15 bits per heavy atom. The quantitative estimate of drug-likeness (QED) is 0.122. The predicted molar refractivity (Wildman–Crippen MR) is 289 cm³/mol. The number of benzene rings is 12. The van der Waals surface area contributed by atoms with Crippen LogP contribution in [0.4, 0.5) is 0 Å². The highest BCUT2D eigenvalue weighted by Gasteiger charge is 2.39. The van der Waals surface area contributed by atoms with E-state index in [0.717, 1.165) is 0 Å². The van der Waals surface area contributed by atoms with Gasteiger partial charge < -0.3 is 0 Å². The minimum atomic E-state index is -2.21. The van der Waals surface area contributed by atoms with Crippen LogP contribution in [0, 0.1) is 0 Å². The Hall–Kier alpha value is -8.10. The monoisotopic (exact) mass is 862 g/mol. The molecule has 310 valence electrons. The average molecular weight is 863 g/mol. The van der Waals surface area contributed by atoms with Gasteiger partial charge in [0.1, 0.15) is 8.07 Å². The first kappa shape index (κ1) is 37.2. The maximum atomic E-state index is 2.66. The molecular weight excluding hydrogens is 821 g/mol. The molecule has 12 aromatic carbocycles. The highest BCUT2D eigenvalue weighted by Crippen LogP contribution is 2.55. The van der Waals surface area contributed by atoms with Gasteiger partial charge in [-0.25, -0.2) is 0 Å². The van der Waals surface area contributed by atoms with Crippen LogP contribution in [0.3, 0.4) is 0 Å². The summed E-state index contributed by atoms with van der Waals surface area (Å²) in [7, 11) is -2.21. The SMILES string of the molecule is C[Si]1(C)c2cc(-c3ccc(-c4ccccc4)cc3)ccc2-c2cc3c(-c4ccc5c6c(cccc46)-c4ccccc4-5)c4ccccc4c(-c4ccc5c6c(cccc46)-c4ccccc4-5)c3cc21. The summed E-state index contributed by atoms with van der Waals surface area (Å²) in [5.74, 6) is 0. The lowest BCUT2D eigenvalue weighted by Gasteiger charge is -2.23. The van der Waals surface area contributed by atoms with Gasteiger partial charge in [-0.2, -0.15) is 0 Å². The largest absolute Gasteiger partial charge is 0.113 e. The van der Waals surface area contributed by atoms with Gasteiger partial charge in [-0.1, -0.05) is 225 Å². The lowest BCUT2D eigenvalue weighted by atomic mass is 9.82. The second-order valence-electron chi connectivity index (χ2n) is 19.4. The van der Waals surface area contributed by atoms with E-state index in [-0.39, 0.29) is 0 Å². The molecule has 12 aromatic rings. The highest BCUT2D eigenvalue weighted by atomic mass is 28.3. The van der Waals surface area contributed by atoms with Crippen LogP contribution in [-0.2, 0) is 0 Å². The standard InChI is InChI=1S/C66H42Si/c1-67(2)61-36-42(41-28-26-40(27-29-41)39-14-4-3-5-15-39)30-31-47(61)58-37-59-60(38-62(58)67)66(57-35-33-55-46-19-9-7-17-44(46)49-23-13-25-53(57)64(49)55)51-21-11-10-20-50(51)65(59)56-34-32-54-45-18-8-6-16-43(45)48-22-12-24-52(56)63(48)54/h3-38H,1-2H3. The van der Waals surface area contributed by atoms with E-state index in [0.29, 0.717) is 0 Å². The normalized spacial score (nSPS) is 13.3. The van der Waals surface area contributed by atoms with Crippen molar-refractivity contribution in [3.8, 4) is 100 Å². The fourth-order valence-electron chi connectivity index (χ4n) is 12.7. The van der Waals surface area contributed by atoms with Crippen LogP contribution < -0.4 is 10.4 Å². The molecule has 1 aliphatic heterocycles. The topological polar surface area (TPSA) is 0 Å². The van der Waals surface area contributed by atoms with E-state index in [1.165, 1.54) is 154 Å². The summed E-state index contributed by atoms with van der Waals surface area (Å²) in [5.41, 5.74) is 23.7. The number of hydrogen-bond donors (Lipinski definition) is 0. The third-order valence-electron chi connectivity index (χ3n) is 15.8. The van der Waals surface area contributed by atoms with E-state index in [1.54, 1.807) is 0 Å². The second kappa shape index (κ2) is 13.5. The molecule has 0 fully saturated rings. The lowest BCUT2D eigenvalue weighted by molar-refractivity contribution is 1.59. The molecule has 0 radical (unpaired) electrons. The van der Waals surface area contributed by atoms with Gasteiger partial charge in [0.2, 0.25) is 0 Å². The molecule has 0 unspecified atom stereocenters. The first-order chi connectivity index (χ1) is 33.0. The molecule has 0 N–H and O–H groups in total. The Balaban J connectivity index is 1.02. The first-order valence-corrected chi connectivity index (χ1v) is 26.7. The fourth-order valence-corrected chi connectivity index (χ4v) is 15.8. The minimum Gasteiger partial charge on any atom is -0.0622 e. The Bertz CT molecular complexity index is 4090. The Morgan fingerprint density at radius 1 is 0.224 bits per heavy atom. The summed E-state index contributed by atoms with van der Waals surface area (Å²) in [4.78, 5) is 0. The molecule has 0 nitrogen and oxygen atoms in total. The van der Waals surface area contributed by atoms with Crippen LogP contribution in [0.1, 0.15) is 0 Å². The maximum Gasteiger partial charge on any atom is 0.113 e. The van der Waals surface area contributed by atoms with Crippen molar-refractivity contribution in [2.24, 2.45) is 0 Å². The highest BCUT2D eigenvalue weighted by molar-refractivity contribution is 7.04. The van der Waals surface area contributed by atoms with Crippen molar-refractivity contribution in [1.82, 2.24) is 0 Å². The van der Waals surface area contributed by atoms with Gasteiger partial charge in [0, 0.05) is 0 Å². The van der Waals surface area contributed by atoms with E-state index in [9.17, 15) is 0 Å². The van der Waals surface area contributed by atoms with Crippen molar-refractivity contribution in [2.75, 3.05) is 0 Å². The van der Waals surface area contributed by atoms with Gasteiger partial charge in [0.15, 0.2) is 0 Å². The molecule has 0 aromatic heterocycles. The van der Waals surface area contributed by atoms with Crippen LogP contribution >= 0.6 is 0 Å². The van der Waals surface area contributed by atoms with E-state index in [4.69, 9.17) is 0 Å². The Kier molecular flexibility index (Phi) is 7.48. The molecule has 0 saturated carbocycles. The van der Waals surface area contributed by atoms with Gasteiger partial charge in [-0.15, -0.1) is 0 Å². The zero-order chi connectivity index (χ0) is 44.1. The molecule has 2 aliphatic carbocycles. The van der Waals surface area contributed by atoms with Crippen LogP contribution in [0.5, 0.6) is 0 Å². The zero-order valence-corrected chi connectivity index (χ0v) is 38.3. The summed E-state index contributed by atoms with van der Waals surface area (Å²) in [6, 6.07) is 83.1. The third kappa shape index (κ3) is 5.02. The van der Waals surface area contributed by atoms with Crippen molar-refractivity contribution in [1.29, 1.82) is 0 Å². The van der Waals surface area contributed by atoms with Crippen molar-refractivity contribution < 1.29 is 0 Å². The van der Waals surface area contributed by atoms with Crippen molar-refractivity contribution in [2.45, 2.75) is 13.1 Å². The molecule has 1 heteroatoms. The summed E-state index contributed by atoms with van der Waals surface area (Å²) in [6.45, 7) is 5.15. The fraction of sp³-hybridized carbons (Fsp3) is 0.0303. The molecule has 0 bridgehead atoms. The summed E-state index contributed by atoms with van der Waals surface area (Å²) in [5, 5.41) is 13.6. The maximum absolute atomic E-state index is 2.66. The molecular formula is C66H42Si. The van der Waals surface area contributed by atoms with Crippen molar-refractivity contribution >= 4 is 61.5 Å². The summed E-state index contributed by atoms with van der Waals surface area (Å²) >= 11 is 0. The zero-order valence-electron chi connectivity index (χ0n) is 37.3. The molecule has 0 amide bonds. The first-order valence-electron chi connectivity index (χ1n) is 23.7. The summed E-state index contributed by atoms with van der Waals surface area (Å²) in [6.07, 6.45) is 0. The Morgan fingerprint density at radius 2 is 0.597 bits per heavy atom. The van der Waals surface area contributed by atoms with Crippen LogP contribution in [0.2, 0.25) is 13.1 Å². The molecule has 0 atom stereocenters. The van der Waals surface area contributed by atoms with Crippen LogP contribution in [0.25, 0.3) is 143 Å². The molecule has 15 rings (SSSR count). The Labute approximate surface area is 391 Å². The third-order valence-corrected chi connectivity index (χ3v) is 19.3. The van der Waals surface area contributed by atoms with Crippen LogP contribution in [0.15, 0.2) is 218 Å². The average Bonchev–Trinajstić information content (AvgIpc) is 3.97.